The van der Waals surface area contributed by atoms with Crippen LogP contribution in [0.5, 0.6) is 0 Å². The molecule has 0 unspecified atom stereocenters. The summed E-state index contributed by atoms with van der Waals surface area (Å²) in [5, 5.41) is 13.8. The van der Waals surface area contributed by atoms with E-state index in [1.54, 1.807) is 102 Å². The monoisotopic (exact) mass is 1350 g/mol. The second-order valence-corrected chi connectivity index (χ2v) is 31.7. The third kappa shape index (κ3) is 24.0. The van der Waals surface area contributed by atoms with Crippen molar-refractivity contribution in [2.45, 2.75) is 210 Å². The van der Waals surface area contributed by atoms with E-state index < -0.39 is 31.1 Å². The van der Waals surface area contributed by atoms with Crippen LogP contribution in [0.1, 0.15) is 170 Å². The first-order valence-corrected chi connectivity index (χ1v) is 35.2. The lowest BCUT2D eigenvalue weighted by Crippen LogP contribution is -2.40. The van der Waals surface area contributed by atoms with Crippen molar-refractivity contribution in [3.63, 3.8) is 0 Å². The molecule has 23 heteroatoms. The van der Waals surface area contributed by atoms with Crippen LogP contribution in [0, 0.1) is 6.92 Å². The minimum atomic E-state index is -3.91. The summed E-state index contributed by atoms with van der Waals surface area (Å²) in [7, 11) is -7.55. The van der Waals surface area contributed by atoms with E-state index in [0.717, 1.165) is 76.2 Å². The quantitative estimate of drug-likeness (QED) is 0.0443. The van der Waals surface area contributed by atoms with Gasteiger partial charge in [-0.15, -0.1) is 22.7 Å². The Morgan fingerprint density at radius 3 is 1.39 bits per heavy atom. The van der Waals surface area contributed by atoms with Crippen LogP contribution in [0.2, 0.25) is 0 Å². The van der Waals surface area contributed by atoms with Gasteiger partial charge in [-0.05, 0) is 183 Å². The average Bonchev–Trinajstić information content (AvgIpc) is 1.39. The van der Waals surface area contributed by atoms with Gasteiger partial charge in [-0.2, -0.15) is 0 Å². The smallest absolute Gasteiger partial charge is 0.407 e. The number of benzene rings is 4. The van der Waals surface area contributed by atoms with Crippen LogP contribution in [0.25, 0.3) is 10.4 Å². The molecule has 2 aliphatic rings. The number of rotatable bonds is 19. The molecule has 6 aromatic rings. The van der Waals surface area contributed by atoms with Crippen LogP contribution in [0.15, 0.2) is 123 Å². The zero-order valence-electron chi connectivity index (χ0n) is 52.3. The molecule has 2 aromatic heterocycles. The Kier molecular flexibility index (Phi) is 26.3. The number of amides is 4. The Hall–Kier alpha value is -6.08. The highest BCUT2D eigenvalue weighted by Crippen LogP contribution is 2.40. The van der Waals surface area contributed by atoms with E-state index in [1.807, 2.05) is 94.6 Å². The summed E-state index contributed by atoms with van der Waals surface area (Å²) in [4.78, 5) is 58.6. The SMILES string of the molecule is CC(C)OC(=O)NC1CCC(c2ncc(-c3ccc(CC(=O)NCc4ccccc4)cc3S(=O)(=O)NC(C)(C)C)s2)CC1.CC(C)OC(=O)NC1CCC(c2ncc(Br)s2)CC1.Cc1ccc(CC(=O)NCc2ccccc2)cc1S(=O)(=O)NC(C)(C)C. The predicted octanol–water partition coefficient (Wildman–Crippen LogP) is 12.9. The van der Waals surface area contributed by atoms with Gasteiger partial charge in [-0.1, -0.05) is 84.9 Å². The molecule has 0 spiro atoms. The number of nitrogens with one attached hydrogen (secondary N) is 6. The van der Waals surface area contributed by atoms with Gasteiger partial charge < -0.3 is 30.7 Å². The fourth-order valence-corrected chi connectivity index (χ4v) is 16.0. The highest BCUT2D eigenvalue weighted by molar-refractivity contribution is 9.11. The summed E-state index contributed by atoms with van der Waals surface area (Å²) < 4.78 is 69.3. The van der Waals surface area contributed by atoms with Gasteiger partial charge in [0.05, 0.1) is 59.7 Å². The highest BCUT2D eigenvalue weighted by atomic mass is 79.9. The zero-order chi connectivity index (χ0) is 64.4. The predicted molar refractivity (Wildman–Crippen MR) is 352 cm³/mol. The van der Waals surface area contributed by atoms with E-state index in [4.69, 9.17) is 14.5 Å². The number of halogens is 1. The molecule has 8 rings (SSSR count). The molecule has 0 aliphatic heterocycles. The fourth-order valence-electron chi connectivity index (χ4n) is 10.0. The third-order valence-corrected chi connectivity index (χ3v) is 20.4. The standard InChI is InChI=1S/C32H42N4O5S2.C20H26N2O3S.C13H19BrN2O2S/c1-21(2)41-31(38)35-25-14-12-24(13-15-25)30-34-20-27(42-30)26-16-11-23(17-28(26)43(39,40)36-32(3,4)5)18-29(37)33-19-22-9-7-6-8-10-22;1-15-10-11-17(12-18(15)26(24,25)22-20(2,3)4)13-19(23)21-14-16-8-6-5-7-9-16;1-8(2)18-13(17)16-10-5-3-9(4-6-10)12-15-7-11(14)19-12/h6-11,16-17,20-21,24-25,36H,12-15,18-19H2,1-5H3,(H,33,37)(H,35,38);5-12,22H,13-14H2,1-4H3,(H,21,23);7-10H,3-6H2,1-2H3,(H,16,17). The second-order valence-electron chi connectivity index (χ2n) is 24.9. The number of carbonyl (C=O) groups is 4. The maximum atomic E-state index is 13.6. The molecule has 478 valence electrons. The first kappa shape index (κ1) is 71.0. The molecule has 4 aromatic carbocycles. The molecule has 2 fully saturated rings. The van der Waals surface area contributed by atoms with Crippen molar-refractivity contribution in [1.29, 1.82) is 0 Å². The minimum absolute atomic E-state index is 0.0566. The van der Waals surface area contributed by atoms with Crippen LogP contribution in [-0.2, 0) is 65.0 Å². The zero-order valence-corrected chi connectivity index (χ0v) is 57.2. The van der Waals surface area contributed by atoms with E-state index in [9.17, 15) is 36.0 Å². The molecule has 0 bridgehead atoms. The number of aromatic nitrogens is 2. The number of carbonyl (C=O) groups excluding carboxylic acids is 4. The summed E-state index contributed by atoms with van der Waals surface area (Å²) in [5.74, 6) is 0.435. The lowest BCUT2D eigenvalue weighted by Gasteiger charge is -2.28. The van der Waals surface area contributed by atoms with Gasteiger partial charge in [0, 0.05) is 59.8 Å². The molecule has 0 radical (unpaired) electrons. The molecule has 2 aliphatic carbocycles. The number of nitrogens with zero attached hydrogens (tertiary/aromatic N) is 2. The number of alkyl carbamates (subject to hydrolysis) is 2. The maximum absolute atomic E-state index is 13.6. The summed E-state index contributed by atoms with van der Waals surface area (Å²) >= 11 is 6.66. The van der Waals surface area contributed by atoms with Crippen molar-refractivity contribution in [2.24, 2.45) is 0 Å². The molecule has 2 heterocycles. The van der Waals surface area contributed by atoms with Gasteiger partial charge in [-0.25, -0.2) is 45.8 Å². The van der Waals surface area contributed by atoms with E-state index in [0.29, 0.717) is 41.3 Å². The van der Waals surface area contributed by atoms with Crippen molar-refractivity contribution < 1.29 is 45.5 Å². The Morgan fingerprint density at radius 1 is 0.557 bits per heavy atom. The molecule has 0 atom stereocenters. The summed E-state index contributed by atoms with van der Waals surface area (Å²) in [5.41, 5.74) is 3.22. The van der Waals surface area contributed by atoms with Gasteiger partial charge in [0.2, 0.25) is 31.9 Å². The lowest BCUT2D eigenvalue weighted by atomic mass is 9.86. The number of hydrogen-bond donors (Lipinski definition) is 6. The van der Waals surface area contributed by atoms with Gasteiger partial charge in [-0.3, -0.25) is 9.59 Å². The molecule has 0 saturated heterocycles. The van der Waals surface area contributed by atoms with Crippen molar-refractivity contribution in [2.75, 3.05) is 0 Å². The van der Waals surface area contributed by atoms with Gasteiger partial charge in [0.25, 0.3) is 0 Å². The number of aryl methyl sites for hydroxylation is 1. The highest BCUT2D eigenvalue weighted by Gasteiger charge is 2.31. The van der Waals surface area contributed by atoms with Crippen LogP contribution in [-0.4, -0.2) is 86.2 Å². The Bertz CT molecular complexity index is 3480. The van der Waals surface area contributed by atoms with Crippen molar-refractivity contribution in [3.8, 4) is 10.4 Å². The van der Waals surface area contributed by atoms with Crippen LogP contribution < -0.4 is 30.7 Å². The summed E-state index contributed by atoms with van der Waals surface area (Å²) in [6.45, 7) is 20.7. The number of ether oxygens (including phenoxy) is 2. The van der Waals surface area contributed by atoms with E-state index >= 15 is 0 Å². The molecule has 4 amide bonds. The van der Waals surface area contributed by atoms with Gasteiger partial charge >= 0.3 is 12.2 Å². The van der Waals surface area contributed by atoms with Gasteiger partial charge in [0.1, 0.15) is 0 Å². The van der Waals surface area contributed by atoms with Crippen LogP contribution in [0.4, 0.5) is 9.59 Å². The minimum Gasteiger partial charge on any atom is -0.447 e. The van der Waals surface area contributed by atoms with E-state index in [-0.39, 0.29) is 76.8 Å². The molecule has 6 N–H and O–H groups in total. The topological polar surface area (TPSA) is 253 Å². The maximum Gasteiger partial charge on any atom is 0.407 e. The van der Waals surface area contributed by atoms with Crippen LogP contribution in [0.3, 0.4) is 0 Å². The first-order chi connectivity index (χ1) is 41.4. The van der Waals surface area contributed by atoms with E-state index in [2.05, 4.69) is 51.6 Å². The van der Waals surface area contributed by atoms with E-state index in [1.165, 1.54) is 16.3 Å². The van der Waals surface area contributed by atoms with Crippen molar-refractivity contribution in [3.05, 3.63) is 151 Å². The number of thiazole rings is 2. The molecular formula is C65H87BrN8O10S4. The molecule has 2 saturated carbocycles. The summed E-state index contributed by atoms with van der Waals surface area (Å²) in [6, 6.07) is 29.8. The summed E-state index contributed by atoms with van der Waals surface area (Å²) in [6.07, 6.45) is 10.4. The van der Waals surface area contributed by atoms with Crippen LogP contribution >= 0.6 is 38.6 Å². The first-order valence-electron chi connectivity index (χ1n) is 29.8. The van der Waals surface area contributed by atoms with Crippen molar-refractivity contribution >= 4 is 82.7 Å². The number of sulfonamides is 2. The normalized spacial score (nSPS) is 17.1. The molecule has 18 nitrogen and oxygen atoms in total. The number of hydrogen-bond acceptors (Lipinski definition) is 14. The second kappa shape index (κ2) is 32.6. The molecular weight excluding hydrogens is 1260 g/mol. The van der Waals surface area contributed by atoms with Gasteiger partial charge in [0.15, 0.2) is 0 Å². The third-order valence-electron chi connectivity index (χ3n) is 13.9. The lowest BCUT2D eigenvalue weighted by molar-refractivity contribution is -0.121. The Morgan fingerprint density at radius 2 is 0.966 bits per heavy atom. The van der Waals surface area contributed by atoms with Crippen molar-refractivity contribution in [1.82, 2.24) is 40.7 Å². The average molecular weight is 1350 g/mol. The molecule has 88 heavy (non-hydrogen) atoms. The fraction of sp³-hybridized carbons (Fsp3) is 0.477. The Balaban J connectivity index is 0.000000232. The largest absolute Gasteiger partial charge is 0.447 e. The Labute approximate surface area is 537 Å².